The van der Waals surface area contributed by atoms with Crippen molar-refractivity contribution in [1.29, 1.82) is 0 Å². The van der Waals surface area contributed by atoms with Crippen molar-refractivity contribution < 1.29 is 9.53 Å². The number of rotatable bonds is 8. The van der Waals surface area contributed by atoms with E-state index in [0.29, 0.717) is 30.5 Å². The van der Waals surface area contributed by atoms with E-state index in [1.807, 2.05) is 31.2 Å². The molecule has 1 amide bonds. The molecule has 1 heterocycles. The van der Waals surface area contributed by atoms with Crippen molar-refractivity contribution >= 4 is 11.6 Å². The van der Waals surface area contributed by atoms with Crippen LogP contribution in [0.2, 0.25) is 0 Å². The van der Waals surface area contributed by atoms with Gasteiger partial charge in [-0.05, 0) is 56.0 Å². The minimum atomic E-state index is -0.272. The molecule has 3 rings (SSSR count). The lowest BCUT2D eigenvalue weighted by Gasteiger charge is -2.09. The van der Waals surface area contributed by atoms with Gasteiger partial charge in [-0.1, -0.05) is 48.9 Å². The average molecular weight is 393 g/mol. The Bertz CT molecular complexity index is 944. The number of carbonyl (C=O) groups excluding carboxylic acids is 1. The van der Waals surface area contributed by atoms with E-state index in [2.05, 4.69) is 60.7 Å². The lowest BCUT2D eigenvalue weighted by atomic mass is 10.1. The molecule has 0 aliphatic heterocycles. The molecular weight excluding hydrogens is 364 g/mol. The summed E-state index contributed by atoms with van der Waals surface area (Å²) >= 11 is 0. The molecule has 0 spiro atoms. The Morgan fingerprint density at radius 2 is 1.76 bits per heavy atom. The Balaban J connectivity index is 1.60. The van der Waals surface area contributed by atoms with E-state index in [0.717, 1.165) is 23.4 Å². The first-order chi connectivity index (χ1) is 13.9. The molecule has 1 aromatic heterocycles. The highest BCUT2D eigenvalue weighted by atomic mass is 16.5. The van der Waals surface area contributed by atoms with Crippen molar-refractivity contribution in [2.75, 3.05) is 11.9 Å². The highest BCUT2D eigenvalue weighted by Crippen LogP contribution is 2.18. The van der Waals surface area contributed by atoms with Gasteiger partial charge in [0.2, 0.25) is 0 Å². The largest absolute Gasteiger partial charge is 0.494 e. The number of anilines is 1. The summed E-state index contributed by atoms with van der Waals surface area (Å²) in [5, 5.41) is 11.1. The van der Waals surface area contributed by atoms with E-state index in [-0.39, 0.29) is 5.91 Å². The highest BCUT2D eigenvalue weighted by molar-refractivity contribution is 6.03. The van der Waals surface area contributed by atoms with Crippen molar-refractivity contribution in [2.45, 2.75) is 40.7 Å². The molecule has 6 nitrogen and oxygen atoms in total. The van der Waals surface area contributed by atoms with E-state index in [4.69, 9.17) is 4.74 Å². The fourth-order valence-electron chi connectivity index (χ4n) is 2.82. The van der Waals surface area contributed by atoms with E-state index in [1.165, 1.54) is 5.56 Å². The number of aromatic nitrogens is 3. The standard InChI is InChI=1S/C23H28N4O2/c1-16(2)13-14-29-21-11-9-20(10-12-21)24-23(28)22-18(4)27(26-25-22)15-19-7-5-17(3)6-8-19/h5-12,16H,13-15H2,1-4H3,(H,24,28). The Kier molecular flexibility index (Phi) is 6.65. The smallest absolute Gasteiger partial charge is 0.278 e. The van der Waals surface area contributed by atoms with Crippen LogP contribution in [-0.2, 0) is 6.54 Å². The molecule has 0 radical (unpaired) electrons. The van der Waals surface area contributed by atoms with E-state index < -0.39 is 0 Å². The summed E-state index contributed by atoms with van der Waals surface area (Å²) in [6.07, 6.45) is 1.01. The quantitative estimate of drug-likeness (QED) is 0.607. The van der Waals surface area contributed by atoms with Gasteiger partial charge in [0.15, 0.2) is 5.69 Å². The number of carbonyl (C=O) groups is 1. The van der Waals surface area contributed by atoms with Crippen LogP contribution in [0.4, 0.5) is 5.69 Å². The van der Waals surface area contributed by atoms with Crippen molar-refractivity contribution in [3.63, 3.8) is 0 Å². The lowest BCUT2D eigenvalue weighted by Crippen LogP contribution is -2.14. The number of benzene rings is 2. The Hall–Kier alpha value is -3.15. The zero-order chi connectivity index (χ0) is 20.8. The Labute approximate surface area is 171 Å². The molecule has 0 fully saturated rings. The van der Waals surface area contributed by atoms with Gasteiger partial charge in [0, 0.05) is 5.69 Å². The number of ether oxygens (including phenoxy) is 1. The van der Waals surface area contributed by atoms with Gasteiger partial charge < -0.3 is 10.1 Å². The minimum Gasteiger partial charge on any atom is -0.494 e. The lowest BCUT2D eigenvalue weighted by molar-refractivity contribution is 0.102. The minimum absolute atomic E-state index is 0.272. The van der Waals surface area contributed by atoms with Crippen LogP contribution in [0.15, 0.2) is 48.5 Å². The number of nitrogens with zero attached hydrogens (tertiary/aromatic N) is 3. The van der Waals surface area contributed by atoms with Crippen molar-refractivity contribution in [2.24, 2.45) is 5.92 Å². The van der Waals surface area contributed by atoms with Crippen LogP contribution in [0.1, 0.15) is 47.6 Å². The second-order valence-corrected chi connectivity index (χ2v) is 7.68. The fourth-order valence-corrected chi connectivity index (χ4v) is 2.82. The summed E-state index contributed by atoms with van der Waals surface area (Å²) in [6, 6.07) is 15.6. The molecule has 1 N–H and O–H groups in total. The van der Waals surface area contributed by atoms with Gasteiger partial charge in [-0.25, -0.2) is 4.68 Å². The molecule has 29 heavy (non-hydrogen) atoms. The topological polar surface area (TPSA) is 69.0 Å². The number of hydrogen-bond acceptors (Lipinski definition) is 4. The van der Waals surface area contributed by atoms with Gasteiger partial charge in [-0.3, -0.25) is 4.79 Å². The van der Waals surface area contributed by atoms with Gasteiger partial charge in [0.1, 0.15) is 5.75 Å². The molecule has 3 aromatic rings. The molecule has 0 aliphatic rings. The molecule has 152 valence electrons. The monoisotopic (exact) mass is 392 g/mol. The van der Waals surface area contributed by atoms with Crippen LogP contribution in [0, 0.1) is 19.8 Å². The maximum absolute atomic E-state index is 12.6. The fraction of sp³-hybridized carbons (Fsp3) is 0.348. The van der Waals surface area contributed by atoms with Crippen LogP contribution in [0.3, 0.4) is 0 Å². The van der Waals surface area contributed by atoms with Crippen LogP contribution in [0.5, 0.6) is 5.75 Å². The van der Waals surface area contributed by atoms with E-state index >= 15 is 0 Å². The van der Waals surface area contributed by atoms with Gasteiger partial charge in [0.25, 0.3) is 5.91 Å². The third-order valence-corrected chi connectivity index (χ3v) is 4.73. The second kappa shape index (κ2) is 9.37. The molecule has 6 heteroatoms. The zero-order valence-electron chi connectivity index (χ0n) is 17.5. The van der Waals surface area contributed by atoms with Crippen LogP contribution >= 0.6 is 0 Å². The summed E-state index contributed by atoms with van der Waals surface area (Å²) in [7, 11) is 0. The SMILES string of the molecule is Cc1ccc(Cn2nnc(C(=O)Nc3ccc(OCCC(C)C)cc3)c2C)cc1. The van der Waals surface area contributed by atoms with Crippen molar-refractivity contribution in [3.8, 4) is 5.75 Å². The first kappa shape index (κ1) is 20.6. The number of aryl methyl sites for hydroxylation is 1. The Morgan fingerprint density at radius 3 is 2.41 bits per heavy atom. The normalized spacial score (nSPS) is 10.9. The summed E-state index contributed by atoms with van der Waals surface area (Å²) in [4.78, 5) is 12.6. The molecule has 2 aromatic carbocycles. The second-order valence-electron chi connectivity index (χ2n) is 7.68. The van der Waals surface area contributed by atoms with Crippen LogP contribution < -0.4 is 10.1 Å². The molecule has 0 saturated heterocycles. The predicted molar refractivity (Wildman–Crippen MR) is 114 cm³/mol. The van der Waals surface area contributed by atoms with Crippen LogP contribution in [-0.4, -0.2) is 27.5 Å². The molecule has 0 aliphatic carbocycles. The maximum atomic E-state index is 12.6. The molecule has 0 unspecified atom stereocenters. The number of nitrogens with one attached hydrogen (secondary N) is 1. The van der Waals surface area contributed by atoms with Gasteiger partial charge in [0.05, 0.1) is 18.8 Å². The third kappa shape index (κ3) is 5.67. The van der Waals surface area contributed by atoms with Gasteiger partial charge in [-0.15, -0.1) is 5.10 Å². The summed E-state index contributed by atoms with van der Waals surface area (Å²) in [5.74, 6) is 1.13. The summed E-state index contributed by atoms with van der Waals surface area (Å²) in [5.41, 5.74) is 4.08. The number of hydrogen-bond donors (Lipinski definition) is 1. The summed E-state index contributed by atoms with van der Waals surface area (Å²) in [6.45, 7) is 9.51. The average Bonchev–Trinajstić information content (AvgIpc) is 3.05. The van der Waals surface area contributed by atoms with Crippen molar-refractivity contribution in [1.82, 2.24) is 15.0 Å². The van der Waals surface area contributed by atoms with Gasteiger partial charge >= 0.3 is 0 Å². The third-order valence-electron chi connectivity index (χ3n) is 4.73. The first-order valence-electron chi connectivity index (χ1n) is 9.92. The van der Waals surface area contributed by atoms with Crippen molar-refractivity contribution in [3.05, 3.63) is 71.0 Å². The highest BCUT2D eigenvalue weighted by Gasteiger charge is 2.17. The molecule has 0 saturated carbocycles. The maximum Gasteiger partial charge on any atom is 0.278 e. The Morgan fingerprint density at radius 1 is 1.07 bits per heavy atom. The van der Waals surface area contributed by atoms with E-state index in [9.17, 15) is 4.79 Å². The van der Waals surface area contributed by atoms with Gasteiger partial charge in [-0.2, -0.15) is 0 Å². The molecular formula is C23H28N4O2. The first-order valence-corrected chi connectivity index (χ1v) is 9.92. The van der Waals surface area contributed by atoms with Crippen LogP contribution in [0.25, 0.3) is 0 Å². The molecule has 0 bridgehead atoms. The summed E-state index contributed by atoms with van der Waals surface area (Å²) < 4.78 is 7.45. The number of amides is 1. The van der Waals surface area contributed by atoms with E-state index in [1.54, 1.807) is 4.68 Å². The zero-order valence-corrected chi connectivity index (χ0v) is 17.5. The predicted octanol–water partition coefficient (Wildman–Crippen LogP) is 4.62. The molecule has 0 atom stereocenters.